The molecule has 0 amide bonds. The second-order valence-corrected chi connectivity index (χ2v) is 7.81. The third-order valence-electron chi connectivity index (χ3n) is 3.54. The average molecular weight is 312 g/mol. The molecule has 22 heavy (non-hydrogen) atoms. The molecule has 0 heterocycles. The molecule has 2 aromatic rings. The topological polar surface area (TPSA) is 34.1 Å². The van der Waals surface area contributed by atoms with Crippen molar-refractivity contribution in [3.05, 3.63) is 72.6 Å². The molecule has 0 aromatic heterocycles. The molecule has 0 aliphatic carbocycles. The van der Waals surface area contributed by atoms with Gasteiger partial charge in [0.05, 0.1) is 0 Å². The number of carbonyl (C=O) groups excluding carboxylic acids is 1. The molecule has 0 aliphatic heterocycles. The van der Waals surface area contributed by atoms with Crippen molar-refractivity contribution in [2.24, 2.45) is 0 Å². The van der Waals surface area contributed by atoms with Crippen molar-refractivity contribution in [2.45, 2.75) is 25.7 Å². The molecule has 0 N–H and O–H groups in total. The first-order chi connectivity index (χ1) is 10.8. The second-order valence-electron chi connectivity index (χ2n) is 5.16. The lowest BCUT2D eigenvalue weighted by Crippen LogP contribution is -2.13. The van der Waals surface area contributed by atoms with Crippen LogP contribution in [0.15, 0.2) is 72.6 Å². The van der Waals surface area contributed by atoms with Gasteiger partial charge in [0.25, 0.3) is 0 Å². The van der Waals surface area contributed by atoms with E-state index < -0.39 is 7.14 Å². The number of aldehydes is 1. The van der Waals surface area contributed by atoms with Gasteiger partial charge in [-0.1, -0.05) is 66.7 Å². The van der Waals surface area contributed by atoms with Gasteiger partial charge in [-0.15, -0.1) is 0 Å². The van der Waals surface area contributed by atoms with Gasteiger partial charge in [-0.3, -0.25) is 0 Å². The molecule has 114 valence electrons. The highest BCUT2D eigenvalue weighted by molar-refractivity contribution is 7.81. The largest absolute Gasteiger partial charge is 0.309 e. The summed E-state index contributed by atoms with van der Waals surface area (Å²) in [4.78, 5) is 10.3. The van der Waals surface area contributed by atoms with Crippen LogP contribution in [0.25, 0.3) is 0 Å². The minimum Gasteiger partial charge on any atom is -0.309 e. The van der Waals surface area contributed by atoms with E-state index in [9.17, 15) is 9.36 Å². The summed E-state index contributed by atoms with van der Waals surface area (Å²) in [7, 11) is -2.73. The maximum absolute atomic E-state index is 13.6. The number of carbonyl (C=O) groups is 1. The normalized spacial score (nSPS) is 11.6. The fraction of sp³-hybridized carbons (Fsp3) is 0.211. The van der Waals surface area contributed by atoms with Crippen molar-refractivity contribution < 1.29 is 9.36 Å². The van der Waals surface area contributed by atoms with Gasteiger partial charge in [0.2, 0.25) is 0 Å². The Labute approximate surface area is 132 Å². The predicted octanol–water partition coefficient (Wildman–Crippen LogP) is 4.27. The Bertz CT molecular complexity index is 604. The molecule has 3 heteroatoms. The molecule has 2 rings (SSSR count). The van der Waals surface area contributed by atoms with E-state index in [0.29, 0.717) is 6.42 Å². The van der Waals surface area contributed by atoms with Crippen molar-refractivity contribution >= 4 is 24.0 Å². The molecule has 0 aliphatic rings. The van der Waals surface area contributed by atoms with Crippen LogP contribution < -0.4 is 10.6 Å². The van der Waals surface area contributed by atoms with Crippen molar-refractivity contribution in [3.8, 4) is 0 Å². The van der Waals surface area contributed by atoms with E-state index in [0.717, 1.165) is 36.2 Å². The lowest BCUT2D eigenvalue weighted by Gasteiger charge is -2.15. The van der Waals surface area contributed by atoms with E-state index in [4.69, 9.17) is 0 Å². The zero-order chi connectivity index (χ0) is 15.7. The fourth-order valence-electron chi connectivity index (χ4n) is 2.33. The number of unbranched alkanes of at least 4 members (excludes halogenated alkanes) is 3. The minimum absolute atomic E-state index is 0.600. The molecule has 0 radical (unpaired) electrons. The van der Waals surface area contributed by atoms with Crippen LogP contribution >= 0.6 is 7.14 Å². The Kier molecular flexibility index (Phi) is 6.36. The lowest BCUT2D eigenvalue weighted by molar-refractivity contribution is -0.107. The second kappa shape index (κ2) is 8.51. The Morgan fingerprint density at radius 2 is 1.27 bits per heavy atom. The van der Waals surface area contributed by atoms with E-state index in [2.05, 4.69) is 0 Å². The van der Waals surface area contributed by atoms with Crippen LogP contribution in [-0.2, 0) is 9.36 Å². The van der Waals surface area contributed by atoms with Crippen molar-refractivity contribution in [2.75, 3.05) is 0 Å². The van der Waals surface area contributed by atoms with E-state index in [-0.39, 0.29) is 0 Å². The SMILES string of the molecule is O=CCCCC/C=C/P(=O)(c1ccccc1)c1ccccc1. The van der Waals surface area contributed by atoms with Crippen LogP contribution in [0.4, 0.5) is 0 Å². The molecule has 0 saturated heterocycles. The summed E-state index contributed by atoms with van der Waals surface area (Å²) in [5, 5.41) is 1.70. The Balaban J connectivity index is 2.22. The monoisotopic (exact) mass is 312 g/mol. The van der Waals surface area contributed by atoms with Crippen LogP contribution in [0.3, 0.4) is 0 Å². The first kappa shape index (κ1) is 16.5. The predicted molar refractivity (Wildman–Crippen MR) is 93.4 cm³/mol. The third-order valence-corrected chi connectivity index (χ3v) is 6.30. The van der Waals surface area contributed by atoms with Crippen LogP contribution in [0, 0.1) is 0 Å². The Hall–Kier alpha value is -1.92. The Morgan fingerprint density at radius 1 is 0.773 bits per heavy atom. The first-order valence-corrected chi connectivity index (χ1v) is 9.37. The van der Waals surface area contributed by atoms with Gasteiger partial charge in [0, 0.05) is 17.0 Å². The van der Waals surface area contributed by atoms with Crippen molar-refractivity contribution in [3.63, 3.8) is 0 Å². The molecular weight excluding hydrogens is 291 g/mol. The van der Waals surface area contributed by atoms with Crippen LogP contribution in [0.1, 0.15) is 25.7 Å². The van der Waals surface area contributed by atoms with Gasteiger partial charge in [-0.05, 0) is 25.1 Å². The molecular formula is C19H21O2P. The van der Waals surface area contributed by atoms with Crippen molar-refractivity contribution in [1.82, 2.24) is 0 Å². The number of hydrogen-bond donors (Lipinski definition) is 0. The summed E-state index contributed by atoms with van der Waals surface area (Å²) < 4.78 is 13.6. The quantitative estimate of drug-likeness (QED) is 0.414. The summed E-state index contributed by atoms with van der Waals surface area (Å²) in [6, 6.07) is 19.2. The van der Waals surface area contributed by atoms with Gasteiger partial charge < -0.3 is 9.36 Å². The van der Waals surface area contributed by atoms with E-state index in [1.165, 1.54) is 0 Å². The molecule has 2 nitrogen and oxygen atoms in total. The maximum atomic E-state index is 13.6. The fourth-order valence-corrected chi connectivity index (χ4v) is 4.65. The molecule has 0 fully saturated rings. The smallest absolute Gasteiger partial charge is 0.163 e. The van der Waals surface area contributed by atoms with Gasteiger partial charge in [0.15, 0.2) is 7.14 Å². The minimum atomic E-state index is -2.73. The lowest BCUT2D eigenvalue weighted by atomic mass is 10.2. The average Bonchev–Trinajstić information content (AvgIpc) is 2.59. The van der Waals surface area contributed by atoms with Crippen molar-refractivity contribution in [1.29, 1.82) is 0 Å². The number of rotatable bonds is 8. The summed E-state index contributed by atoms with van der Waals surface area (Å²) >= 11 is 0. The van der Waals surface area contributed by atoms with Gasteiger partial charge >= 0.3 is 0 Å². The van der Waals surface area contributed by atoms with E-state index in [1.807, 2.05) is 72.6 Å². The highest BCUT2D eigenvalue weighted by Gasteiger charge is 2.23. The first-order valence-electron chi connectivity index (χ1n) is 7.59. The summed E-state index contributed by atoms with van der Waals surface area (Å²) in [5.41, 5.74) is 0. The molecule has 2 aromatic carbocycles. The third kappa shape index (κ3) is 4.29. The summed E-state index contributed by atoms with van der Waals surface area (Å²) in [6.45, 7) is 0. The van der Waals surface area contributed by atoms with Crippen LogP contribution in [0.2, 0.25) is 0 Å². The molecule has 0 unspecified atom stereocenters. The van der Waals surface area contributed by atoms with E-state index >= 15 is 0 Å². The van der Waals surface area contributed by atoms with Gasteiger partial charge in [-0.25, -0.2) is 0 Å². The number of hydrogen-bond acceptors (Lipinski definition) is 2. The molecule has 0 bridgehead atoms. The zero-order valence-electron chi connectivity index (χ0n) is 12.6. The molecule has 0 saturated carbocycles. The molecule has 0 atom stereocenters. The highest BCUT2D eigenvalue weighted by Crippen LogP contribution is 2.44. The van der Waals surface area contributed by atoms with Crippen LogP contribution in [0.5, 0.6) is 0 Å². The van der Waals surface area contributed by atoms with E-state index in [1.54, 1.807) is 0 Å². The Morgan fingerprint density at radius 3 is 1.77 bits per heavy atom. The summed E-state index contributed by atoms with van der Waals surface area (Å²) in [5.74, 6) is 1.86. The zero-order valence-corrected chi connectivity index (χ0v) is 13.5. The van der Waals surface area contributed by atoms with Gasteiger partial charge in [0.1, 0.15) is 6.29 Å². The maximum Gasteiger partial charge on any atom is 0.163 e. The summed E-state index contributed by atoms with van der Waals surface area (Å²) in [6.07, 6.45) is 6.21. The highest BCUT2D eigenvalue weighted by atomic mass is 31.2. The standard InChI is InChI=1S/C19H21O2P/c20-16-10-2-1-3-11-17-22(21,18-12-6-4-7-13-18)19-14-8-5-9-15-19/h4-9,11-17H,1-3,10H2/b17-11+. The number of benzene rings is 2. The number of allylic oxidation sites excluding steroid dienone is 1. The van der Waals surface area contributed by atoms with Crippen LogP contribution in [-0.4, -0.2) is 6.29 Å². The molecule has 0 spiro atoms. The van der Waals surface area contributed by atoms with Gasteiger partial charge in [-0.2, -0.15) is 0 Å².